The monoisotopic (exact) mass is 334 g/mol. The van der Waals surface area contributed by atoms with Crippen LogP contribution in [0.4, 0.5) is 0 Å². The molecule has 126 valence electrons. The summed E-state index contributed by atoms with van der Waals surface area (Å²) >= 11 is 0. The van der Waals surface area contributed by atoms with Crippen LogP contribution in [0.1, 0.15) is 18.7 Å². The summed E-state index contributed by atoms with van der Waals surface area (Å²) in [7, 11) is 0. The van der Waals surface area contributed by atoms with Crippen molar-refractivity contribution < 1.29 is 9.26 Å². The fraction of sp³-hybridized carbons (Fsp3) is 0.316. The third kappa shape index (κ3) is 2.41. The van der Waals surface area contributed by atoms with Crippen LogP contribution in [-0.4, -0.2) is 28.2 Å². The lowest BCUT2D eigenvalue weighted by Gasteiger charge is -2.40. The number of aromatic nitrogens is 3. The Morgan fingerprint density at radius 2 is 2.12 bits per heavy atom. The minimum atomic E-state index is 0.0433. The second kappa shape index (κ2) is 5.67. The number of nitrogens with zero attached hydrogens (tertiary/aromatic N) is 3. The summed E-state index contributed by atoms with van der Waals surface area (Å²) in [6, 6.07) is 13.3. The van der Waals surface area contributed by atoms with Crippen LogP contribution in [0.15, 0.2) is 53.2 Å². The van der Waals surface area contributed by atoms with Crippen molar-refractivity contribution in [3.8, 4) is 23.0 Å². The maximum absolute atomic E-state index is 5.79. The van der Waals surface area contributed by atoms with Crippen LogP contribution >= 0.6 is 0 Å². The molecular formula is C19H18N4O2. The molecule has 6 heteroatoms. The lowest BCUT2D eigenvalue weighted by molar-refractivity contribution is 0.131. The molecular weight excluding hydrogens is 316 g/mol. The van der Waals surface area contributed by atoms with Gasteiger partial charge in [0.15, 0.2) is 0 Å². The summed E-state index contributed by atoms with van der Waals surface area (Å²) in [5, 5.41) is 7.65. The Balaban J connectivity index is 1.42. The number of fused-ring (bicyclic) bond motifs is 1. The second-order valence-electron chi connectivity index (χ2n) is 6.74. The average Bonchev–Trinajstić information content (AvgIpc) is 3.22. The van der Waals surface area contributed by atoms with Crippen LogP contribution in [0, 0.1) is 5.92 Å². The first kappa shape index (κ1) is 14.6. The first-order chi connectivity index (χ1) is 12.3. The summed E-state index contributed by atoms with van der Waals surface area (Å²) in [4.78, 5) is 8.95. The van der Waals surface area contributed by atoms with E-state index in [0.717, 1.165) is 36.7 Å². The van der Waals surface area contributed by atoms with Crippen molar-refractivity contribution in [3.05, 3.63) is 54.6 Å². The standard InChI is InChI=1S/C19H18N4O2/c1-2-4-15(5-3-1)24-16-10-13(7-9-21-16)17-22-18(25-23-17)19-8-6-14(19)11-20-12-19/h1-5,7,9-10,14,20H,6,8,11-12H2/t14-,19-/m0/s1. The van der Waals surface area contributed by atoms with Crippen LogP contribution in [0.3, 0.4) is 0 Å². The molecule has 1 saturated heterocycles. The zero-order valence-corrected chi connectivity index (χ0v) is 13.7. The first-order valence-corrected chi connectivity index (χ1v) is 8.58. The molecule has 0 bridgehead atoms. The second-order valence-corrected chi connectivity index (χ2v) is 6.74. The molecule has 0 amide bonds. The molecule has 0 radical (unpaired) electrons. The van der Waals surface area contributed by atoms with Crippen molar-refractivity contribution in [1.82, 2.24) is 20.4 Å². The Hall–Kier alpha value is -2.73. The summed E-state index contributed by atoms with van der Waals surface area (Å²) in [6.45, 7) is 1.97. The maximum Gasteiger partial charge on any atom is 0.234 e. The van der Waals surface area contributed by atoms with Gasteiger partial charge in [-0.25, -0.2) is 4.98 Å². The maximum atomic E-state index is 5.79. The molecule has 2 aromatic heterocycles. The lowest BCUT2D eigenvalue weighted by atomic mass is 9.62. The molecule has 0 spiro atoms. The quantitative estimate of drug-likeness (QED) is 0.790. The molecule has 3 aromatic rings. The Bertz CT molecular complexity index is 895. The molecule has 3 heterocycles. The van der Waals surface area contributed by atoms with Gasteiger partial charge in [-0.2, -0.15) is 4.98 Å². The van der Waals surface area contributed by atoms with E-state index in [1.807, 2.05) is 42.5 Å². The van der Waals surface area contributed by atoms with Crippen molar-refractivity contribution in [2.45, 2.75) is 18.3 Å². The molecule has 0 unspecified atom stereocenters. The molecule has 1 aromatic carbocycles. The number of hydrogen-bond donors (Lipinski definition) is 1. The molecule has 1 N–H and O–H groups in total. The Kier molecular flexibility index (Phi) is 3.31. The van der Waals surface area contributed by atoms with Crippen molar-refractivity contribution in [2.75, 3.05) is 13.1 Å². The number of para-hydroxylation sites is 1. The van der Waals surface area contributed by atoms with E-state index in [4.69, 9.17) is 9.26 Å². The van der Waals surface area contributed by atoms with Crippen LogP contribution in [0.2, 0.25) is 0 Å². The molecule has 25 heavy (non-hydrogen) atoms. The van der Waals surface area contributed by atoms with Gasteiger partial charge < -0.3 is 14.6 Å². The van der Waals surface area contributed by atoms with Crippen molar-refractivity contribution in [1.29, 1.82) is 0 Å². The summed E-state index contributed by atoms with van der Waals surface area (Å²) in [5.41, 5.74) is 0.885. The van der Waals surface area contributed by atoms with E-state index in [1.165, 1.54) is 6.42 Å². The first-order valence-electron chi connectivity index (χ1n) is 8.58. The van der Waals surface area contributed by atoms with E-state index in [2.05, 4.69) is 20.4 Å². The van der Waals surface area contributed by atoms with Crippen molar-refractivity contribution in [3.63, 3.8) is 0 Å². The van der Waals surface area contributed by atoms with Gasteiger partial charge in [0.1, 0.15) is 5.75 Å². The smallest absolute Gasteiger partial charge is 0.234 e. The van der Waals surface area contributed by atoms with E-state index in [0.29, 0.717) is 17.6 Å². The van der Waals surface area contributed by atoms with Crippen LogP contribution < -0.4 is 10.1 Å². The summed E-state index contributed by atoms with van der Waals surface area (Å²) in [6.07, 6.45) is 4.05. The van der Waals surface area contributed by atoms with Gasteiger partial charge in [-0.15, -0.1) is 0 Å². The number of hydrogen-bond acceptors (Lipinski definition) is 6. The summed E-state index contributed by atoms with van der Waals surface area (Å²) in [5.74, 6) is 3.22. The van der Waals surface area contributed by atoms with Gasteiger partial charge >= 0.3 is 0 Å². The van der Waals surface area contributed by atoms with Gasteiger partial charge in [-0.1, -0.05) is 23.4 Å². The molecule has 1 aliphatic carbocycles. The molecule has 1 aliphatic heterocycles. The third-order valence-electron chi connectivity index (χ3n) is 5.36. The number of nitrogens with one attached hydrogen (secondary N) is 1. The fourth-order valence-corrected chi connectivity index (χ4v) is 3.81. The number of rotatable bonds is 4. The number of benzene rings is 1. The highest BCUT2D eigenvalue weighted by molar-refractivity contribution is 5.55. The van der Waals surface area contributed by atoms with Crippen molar-refractivity contribution >= 4 is 0 Å². The van der Waals surface area contributed by atoms with Gasteiger partial charge in [0.25, 0.3) is 0 Å². The predicted molar refractivity (Wildman–Crippen MR) is 91.3 cm³/mol. The highest BCUT2D eigenvalue weighted by Crippen LogP contribution is 2.50. The summed E-state index contributed by atoms with van der Waals surface area (Å²) < 4.78 is 11.4. The largest absolute Gasteiger partial charge is 0.439 e. The fourth-order valence-electron chi connectivity index (χ4n) is 3.81. The average molecular weight is 334 g/mol. The Morgan fingerprint density at radius 3 is 2.92 bits per heavy atom. The zero-order chi connectivity index (χ0) is 16.7. The zero-order valence-electron chi connectivity index (χ0n) is 13.7. The molecule has 2 aliphatic rings. The van der Waals surface area contributed by atoms with E-state index in [9.17, 15) is 0 Å². The predicted octanol–water partition coefficient (Wildman–Crippen LogP) is 3.17. The number of pyridine rings is 1. The van der Waals surface area contributed by atoms with Gasteiger partial charge in [0.2, 0.25) is 17.6 Å². The van der Waals surface area contributed by atoms with E-state index < -0.39 is 0 Å². The SMILES string of the molecule is c1ccc(Oc2cc(-c3noc([C@]45CC[C@H]4CNC5)n3)ccn2)cc1. The Morgan fingerprint density at radius 1 is 1.20 bits per heavy atom. The van der Waals surface area contributed by atoms with Crippen LogP contribution in [-0.2, 0) is 5.41 Å². The third-order valence-corrected chi connectivity index (χ3v) is 5.36. The Labute approximate surface area is 145 Å². The minimum Gasteiger partial charge on any atom is -0.439 e. The normalized spacial score (nSPS) is 24.6. The van der Waals surface area contributed by atoms with Gasteiger partial charge in [0.05, 0.1) is 5.41 Å². The van der Waals surface area contributed by atoms with Gasteiger partial charge in [-0.3, -0.25) is 0 Å². The van der Waals surface area contributed by atoms with E-state index in [-0.39, 0.29) is 5.41 Å². The van der Waals surface area contributed by atoms with Gasteiger partial charge in [-0.05, 0) is 43.5 Å². The van der Waals surface area contributed by atoms with Gasteiger partial charge in [0, 0.05) is 24.4 Å². The highest BCUT2D eigenvalue weighted by atomic mass is 16.5. The highest BCUT2D eigenvalue weighted by Gasteiger charge is 2.54. The number of ether oxygens (including phenoxy) is 1. The molecule has 2 atom stereocenters. The van der Waals surface area contributed by atoms with E-state index >= 15 is 0 Å². The molecule has 5 rings (SSSR count). The molecule has 6 nitrogen and oxygen atoms in total. The molecule has 2 fully saturated rings. The van der Waals surface area contributed by atoms with Crippen LogP contribution in [0.25, 0.3) is 11.4 Å². The van der Waals surface area contributed by atoms with E-state index in [1.54, 1.807) is 6.20 Å². The minimum absolute atomic E-state index is 0.0433. The van der Waals surface area contributed by atoms with Crippen molar-refractivity contribution in [2.24, 2.45) is 5.92 Å². The lowest BCUT2D eigenvalue weighted by Crippen LogP contribution is -2.43. The molecule has 1 saturated carbocycles. The topological polar surface area (TPSA) is 73.1 Å². The van der Waals surface area contributed by atoms with Crippen LogP contribution in [0.5, 0.6) is 11.6 Å².